The van der Waals surface area contributed by atoms with Crippen molar-refractivity contribution in [1.29, 1.82) is 0 Å². The van der Waals surface area contributed by atoms with Gasteiger partial charge in [0.1, 0.15) is 0 Å². The van der Waals surface area contributed by atoms with Gasteiger partial charge in [-0.15, -0.1) is 0 Å². The molecule has 2 rings (SSSR count). The minimum absolute atomic E-state index is 0. The second-order valence-electron chi connectivity index (χ2n) is 5.45. The second kappa shape index (κ2) is 13.0. The van der Waals surface area contributed by atoms with Gasteiger partial charge >= 0.3 is 25.8 Å². The van der Waals surface area contributed by atoms with Gasteiger partial charge < -0.3 is 36.8 Å². The summed E-state index contributed by atoms with van der Waals surface area (Å²) in [5.41, 5.74) is 0. The molecule has 0 spiro atoms. The van der Waals surface area contributed by atoms with Gasteiger partial charge in [-0.05, 0) is 24.7 Å². The molecule has 2 aliphatic carbocycles. The van der Waals surface area contributed by atoms with Crippen LogP contribution >= 0.6 is 0 Å². The molecule has 0 unspecified atom stereocenters. The quantitative estimate of drug-likeness (QED) is 0.467. The minimum atomic E-state index is -0.887. The van der Waals surface area contributed by atoms with Gasteiger partial charge in [-0.2, -0.15) is 0 Å². The van der Waals surface area contributed by atoms with Crippen LogP contribution in [0.15, 0.2) is 0 Å². The summed E-state index contributed by atoms with van der Waals surface area (Å²) in [6.07, 6.45) is 9.75. The van der Waals surface area contributed by atoms with E-state index >= 15 is 0 Å². The average molecular weight is 449 g/mol. The van der Waals surface area contributed by atoms with Crippen molar-refractivity contribution in [3.63, 3.8) is 0 Å². The second-order valence-corrected chi connectivity index (χ2v) is 5.45. The molecular formula is C14H22BrInO4. The molecule has 0 amide bonds. The Morgan fingerprint density at radius 1 is 0.750 bits per heavy atom. The van der Waals surface area contributed by atoms with Gasteiger partial charge in [0, 0.05) is 11.9 Å². The molecule has 0 saturated heterocycles. The molecule has 4 nitrogen and oxygen atoms in total. The van der Waals surface area contributed by atoms with Crippen molar-refractivity contribution in [2.24, 2.45) is 11.8 Å². The number of rotatable bonds is 4. The number of hydrogen-bond acceptors (Lipinski definition) is 4. The summed E-state index contributed by atoms with van der Waals surface area (Å²) in [4.78, 5) is 20.1. The SMILES string of the molecule is O=C([O-])CC1CCCC1.O=C([O-])CC1CCCC1.[Br-].[In+3]. The van der Waals surface area contributed by atoms with Gasteiger partial charge in [0.25, 0.3) is 0 Å². The molecule has 0 N–H and O–H groups in total. The summed E-state index contributed by atoms with van der Waals surface area (Å²) in [5, 5.41) is 20.1. The molecule has 0 aromatic carbocycles. The molecule has 0 bridgehead atoms. The Hall–Kier alpha value is 0.290. The zero-order valence-corrected chi connectivity index (χ0v) is 16.7. The maximum absolute atomic E-state index is 10.0. The molecule has 0 aromatic heterocycles. The molecule has 0 heterocycles. The van der Waals surface area contributed by atoms with E-state index in [0.717, 1.165) is 25.7 Å². The first-order chi connectivity index (χ1) is 8.58. The molecule has 0 radical (unpaired) electrons. The molecule has 0 atom stereocenters. The number of halogens is 1. The fourth-order valence-corrected chi connectivity index (χ4v) is 2.90. The predicted molar refractivity (Wildman–Crippen MR) is 68.9 cm³/mol. The van der Waals surface area contributed by atoms with Crippen molar-refractivity contribution >= 4 is 37.8 Å². The summed E-state index contributed by atoms with van der Waals surface area (Å²) in [6, 6.07) is 0. The van der Waals surface area contributed by atoms with Crippen molar-refractivity contribution in [2.75, 3.05) is 0 Å². The third kappa shape index (κ3) is 11.0. The van der Waals surface area contributed by atoms with Crippen molar-refractivity contribution in [3.8, 4) is 0 Å². The molecule has 20 heavy (non-hydrogen) atoms. The van der Waals surface area contributed by atoms with Crippen molar-refractivity contribution in [3.05, 3.63) is 0 Å². The Bertz CT molecular complexity index is 246. The van der Waals surface area contributed by atoms with Crippen molar-refractivity contribution in [2.45, 2.75) is 64.2 Å². The van der Waals surface area contributed by atoms with Crippen LogP contribution in [0.3, 0.4) is 0 Å². The number of carbonyl (C=O) groups excluding carboxylic acids is 2. The number of carboxylic acid groups (broad SMARTS) is 2. The number of aliphatic carboxylic acids is 2. The van der Waals surface area contributed by atoms with E-state index in [9.17, 15) is 19.8 Å². The van der Waals surface area contributed by atoms with Gasteiger partial charge in [-0.1, -0.05) is 51.4 Å². The normalized spacial score (nSPS) is 18.4. The standard InChI is InChI=1S/2C7H12O2.BrH.In/c2*8-7(9)5-6-3-1-2-4-6;;/h2*6H,1-5H2,(H,8,9);1H;/q;;;+3/p-3. The number of hydrogen-bond donors (Lipinski definition) is 0. The van der Waals surface area contributed by atoms with E-state index in [2.05, 4.69) is 0 Å². The largest absolute Gasteiger partial charge is 3.00 e. The van der Waals surface area contributed by atoms with Crippen LogP contribution in [-0.4, -0.2) is 37.8 Å². The van der Waals surface area contributed by atoms with Crippen LogP contribution in [0.5, 0.6) is 0 Å². The number of carbonyl (C=O) groups is 2. The van der Waals surface area contributed by atoms with E-state index in [0.29, 0.717) is 11.8 Å². The molecule has 0 aromatic rings. The molecule has 112 valence electrons. The van der Waals surface area contributed by atoms with Crippen LogP contribution < -0.4 is 27.2 Å². The fraction of sp³-hybridized carbons (Fsp3) is 0.857. The summed E-state index contributed by atoms with van der Waals surface area (Å²) in [6.45, 7) is 0. The zero-order valence-electron chi connectivity index (χ0n) is 11.8. The van der Waals surface area contributed by atoms with Gasteiger partial charge in [-0.3, -0.25) is 0 Å². The molecule has 2 aliphatic rings. The van der Waals surface area contributed by atoms with Crippen LogP contribution in [0, 0.1) is 11.8 Å². The van der Waals surface area contributed by atoms with Gasteiger partial charge in [0.15, 0.2) is 0 Å². The topological polar surface area (TPSA) is 80.3 Å². The molecule has 6 heteroatoms. The van der Waals surface area contributed by atoms with E-state index in [1.807, 2.05) is 0 Å². The van der Waals surface area contributed by atoms with Gasteiger partial charge in [0.2, 0.25) is 0 Å². The van der Waals surface area contributed by atoms with Crippen LogP contribution in [0.25, 0.3) is 0 Å². The monoisotopic (exact) mass is 448 g/mol. The first kappa shape index (κ1) is 22.6. The van der Waals surface area contributed by atoms with Crippen molar-refractivity contribution in [1.82, 2.24) is 0 Å². The summed E-state index contributed by atoms with van der Waals surface area (Å²) < 4.78 is 0. The van der Waals surface area contributed by atoms with Gasteiger partial charge in [0.05, 0.1) is 0 Å². The Balaban J connectivity index is 0. The van der Waals surface area contributed by atoms with E-state index < -0.39 is 11.9 Å². The molecular weight excluding hydrogens is 427 g/mol. The minimum Gasteiger partial charge on any atom is -1.00 e. The maximum Gasteiger partial charge on any atom is 3.00 e. The Morgan fingerprint density at radius 3 is 1.20 bits per heavy atom. The molecule has 0 aliphatic heterocycles. The van der Waals surface area contributed by atoms with E-state index in [1.165, 1.54) is 25.7 Å². The van der Waals surface area contributed by atoms with E-state index in [1.54, 1.807) is 0 Å². The van der Waals surface area contributed by atoms with Crippen LogP contribution in [0.1, 0.15) is 64.2 Å². The predicted octanol–water partition coefficient (Wildman–Crippen LogP) is -2.74. The van der Waals surface area contributed by atoms with E-state index in [4.69, 9.17) is 0 Å². The van der Waals surface area contributed by atoms with Crippen LogP contribution in [0.4, 0.5) is 0 Å². The smallest absolute Gasteiger partial charge is 1.00 e. The first-order valence-corrected chi connectivity index (χ1v) is 6.97. The fourth-order valence-electron chi connectivity index (χ4n) is 2.90. The van der Waals surface area contributed by atoms with Crippen LogP contribution in [-0.2, 0) is 9.59 Å². The van der Waals surface area contributed by atoms with Crippen molar-refractivity contribution < 1.29 is 36.8 Å². The molecule has 2 saturated carbocycles. The molecule has 2 fully saturated rings. The summed E-state index contributed by atoms with van der Waals surface area (Å²) in [7, 11) is 0. The third-order valence-corrected chi connectivity index (χ3v) is 3.86. The van der Waals surface area contributed by atoms with Crippen LogP contribution in [0.2, 0.25) is 0 Å². The average Bonchev–Trinajstić information content (AvgIpc) is 2.90. The summed E-state index contributed by atoms with van der Waals surface area (Å²) >= 11 is 0. The first-order valence-electron chi connectivity index (χ1n) is 6.97. The Labute approximate surface area is 150 Å². The summed E-state index contributed by atoms with van der Waals surface area (Å²) in [5.74, 6) is -0.922. The Kier molecular flexibility index (Phi) is 14.7. The third-order valence-electron chi connectivity index (χ3n) is 3.86. The maximum atomic E-state index is 10.0. The van der Waals surface area contributed by atoms with Gasteiger partial charge in [-0.25, -0.2) is 0 Å². The number of carboxylic acids is 2. The Morgan fingerprint density at radius 2 is 1.00 bits per heavy atom. The van der Waals surface area contributed by atoms with E-state index in [-0.39, 0.29) is 55.7 Å². The zero-order chi connectivity index (χ0) is 13.4.